The lowest BCUT2D eigenvalue weighted by Gasteiger charge is -2.16. The minimum atomic E-state index is 0. The van der Waals surface area contributed by atoms with Crippen molar-refractivity contribution in [1.29, 1.82) is 0 Å². The van der Waals surface area contributed by atoms with Gasteiger partial charge in [-0.1, -0.05) is 0 Å². The molecule has 1 aliphatic carbocycles. The lowest BCUT2D eigenvalue weighted by molar-refractivity contribution is 0.487. The topological polar surface area (TPSA) is 41.6 Å². The van der Waals surface area contributed by atoms with Crippen LogP contribution in [-0.2, 0) is 0 Å². The summed E-state index contributed by atoms with van der Waals surface area (Å²) in [6.07, 6.45) is 7.09. The highest BCUT2D eigenvalue weighted by molar-refractivity contribution is 14.0. The van der Waals surface area contributed by atoms with Crippen molar-refractivity contribution in [2.24, 2.45) is 10.7 Å². The molecule has 0 amide bonds. The van der Waals surface area contributed by atoms with E-state index in [-0.39, 0.29) is 24.0 Å². The highest BCUT2D eigenvalue weighted by atomic mass is 127. The Morgan fingerprint density at radius 2 is 2.13 bits per heavy atom. The quantitative estimate of drug-likeness (QED) is 0.348. The normalized spacial score (nSPS) is 16.0. The SMILES string of the molecule is CSCCCCN=C(N)N(C)C1CC1.I. The number of unbranched alkanes of at least 4 members (excludes halogenated alkanes) is 1. The van der Waals surface area contributed by atoms with Crippen molar-refractivity contribution < 1.29 is 0 Å². The Kier molecular flexibility index (Phi) is 8.69. The van der Waals surface area contributed by atoms with Gasteiger partial charge in [0.1, 0.15) is 0 Å². The van der Waals surface area contributed by atoms with E-state index in [0.717, 1.165) is 18.9 Å². The molecule has 0 aliphatic heterocycles. The van der Waals surface area contributed by atoms with Gasteiger partial charge in [-0.2, -0.15) is 11.8 Å². The van der Waals surface area contributed by atoms with Gasteiger partial charge in [0.2, 0.25) is 0 Å². The second-order valence-electron chi connectivity index (χ2n) is 3.78. The fourth-order valence-corrected chi connectivity index (χ4v) is 1.81. The van der Waals surface area contributed by atoms with Crippen LogP contribution in [0.5, 0.6) is 0 Å². The average molecular weight is 343 g/mol. The molecule has 1 fully saturated rings. The first-order valence-corrected chi connectivity index (χ1v) is 6.66. The van der Waals surface area contributed by atoms with Gasteiger partial charge in [-0.05, 0) is 37.7 Å². The van der Waals surface area contributed by atoms with Crippen molar-refractivity contribution in [3.8, 4) is 0 Å². The lowest BCUT2D eigenvalue weighted by atomic mass is 10.3. The predicted molar refractivity (Wildman–Crippen MR) is 80.3 cm³/mol. The van der Waals surface area contributed by atoms with Crippen LogP contribution in [0.4, 0.5) is 0 Å². The van der Waals surface area contributed by atoms with Crippen LogP contribution in [0.1, 0.15) is 25.7 Å². The number of hydrogen-bond acceptors (Lipinski definition) is 2. The lowest BCUT2D eigenvalue weighted by Crippen LogP contribution is -2.35. The predicted octanol–water partition coefficient (Wildman–Crippen LogP) is 2.16. The summed E-state index contributed by atoms with van der Waals surface area (Å²) in [5.41, 5.74) is 5.84. The third kappa shape index (κ3) is 6.50. The van der Waals surface area contributed by atoms with Crippen LogP contribution < -0.4 is 5.73 Å². The summed E-state index contributed by atoms with van der Waals surface area (Å²) in [6.45, 7) is 0.878. The van der Waals surface area contributed by atoms with E-state index in [4.69, 9.17) is 5.73 Å². The van der Waals surface area contributed by atoms with Crippen LogP contribution in [0, 0.1) is 0 Å². The maximum atomic E-state index is 5.84. The minimum Gasteiger partial charge on any atom is -0.370 e. The first kappa shape index (κ1) is 15.3. The summed E-state index contributed by atoms with van der Waals surface area (Å²) >= 11 is 1.89. The molecule has 0 aromatic heterocycles. The maximum absolute atomic E-state index is 5.84. The molecule has 0 heterocycles. The first-order chi connectivity index (χ1) is 6.75. The van der Waals surface area contributed by atoms with Crippen molar-refractivity contribution in [2.75, 3.05) is 25.6 Å². The molecular weight excluding hydrogens is 321 g/mol. The monoisotopic (exact) mass is 343 g/mol. The standard InChI is InChI=1S/C10H21N3S.HI/c1-13(9-5-6-9)10(11)12-7-3-4-8-14-2;/h9H,3-8H2,1-2H3,(H2,11,12);1H. The second kappa shape index (κ2) is 8.50. The third-order valence-electron chi connectivity index (χ3n) is 2.49. The zero-order chi connectivity index (χ0) is 10.4. The Balaban J connectivity index is 0.00000196. The molecule has 0 spiro atoms. The number of thioether (sulfide) groups is 1. The third-order valence-corrected chi connectivity index (χ3v) is 3.18. The molecule has 90 valence electrons. The van der Waals surface area contributed by atoms with Gasteiger partial charge in [-0.15, -0.1) is 24.0 Å². The number of hydrogen-bond donors (Lipinski definition) is 1. The van der Waals surface area contributed by atoms with E-state index in [1.54, 1.807) is 0 Å². The Morgan fingerprint density at radius 1 is 1.47 bits per heavy atom. The molecule has 0 aromatic carbocycles. The van der Waals surface area contributed by atoms with Gasteiger partial charge >= 0.3 is 0 Å². The fraction of sp³-hybridized carbons (Fsp3) is 0.900. The number of nitrogens with zero attached hydrogens (tertiary/aromatic N) is 2. The summed E-state index contributed by atoms with van der Waals surface area (Å²) in [5, 5.41) is 0. The average Bonchev–Trinajstić information content (AvgIpc) is 2.99. The van der Waals surface area contributed by atoms with Crippen LogP contribution in [0.15, 0.2) is 4.99 Å². The van der Waals surface area contributed by atoms with Crippen molar-refractivity contribution in [1.82, 2.24) is 4.90 Å². The van der Waals surface area contributed by atoms with Crippen molar-refractivity contribution in [2.45, 2.75) is 31.7 Å². The summed E-state index contributed by atoms with van der Waals surface area (Å²) in [7, 11) is 2.04. The molecule has 1 rings (SSSR count). The summed E-state index contributed by atoms with van der Waals surface area (Å²) < 4.78 is 0. The van der Waals surface area contributed by atoms with E-state index in [1.807, 2.05) is 18.8 Å². The van der Waals surface area contributed by atoms with Gasteiger partial charge in [0, 0.05) is 19.6 Å². The molecule has 5 heteroatoms. The molecule has 0 bridgehead atoms. The van der Waals surface area contributed by atoms with Crippen LogP contribution in [0.3, 0.4) is 0 Å². The van der Waals surface area contributed by atoms with E-state index >= 15 is 0 Å². The van der Waals surface area contributed by atoms with Crippen LogP contribution >= 0.6 is 35.7 Å². The fourth-order valence-electron chi connectivity index (χ4n) is 1.31. The number of guanidine groups is 1. The van der Waals surface area contributed by atoms with Gasteiger partial charge in [-0.3, -0.25) is 4.99 Å². The van der Waals surface area contributed by atoms with Crippen molar-refractivity contribution in [3.05, 3.63) is 0 Å². The van der Waals surface area contributed by atoms with Crippen molar-refractivity contribution >= 4 is 41.7 Å². The smallest absolute Gasteiger partial charge is 0.191 e. The van der Waals surface area contributed by atoms with Crippen LogP contribution in [0.25, 0.3) is 0 Å². The van der Waals surface area contributed by atoms with Gasteiger partial charge in [0.15, 0.2) is 5.96 Å². The van der Waals surface area contributed by atoms with E-state index in [2.05, 4.69) is 16.1 Å². The molecule has 3 nitrogen and oxygen atoms in total. The minimum absolute atomic E-state index is 0. The second-order valence-corrected chi connectivity index (χ2v) is 4.77. The number of aliphatic imine (C=N–C) groups is 1. The van der Waals surface area contributed by atoms with Gasteiger partial charge in [-0.25, -0.2) is 0 Å². The Bertz CT molecular complexity index is 195. The maximum Gasteiger partial charge on any atom is 0.191 e. The molecule has 2 N–H and O–H groups in total. The number of halogens is 1. The van der Waals surface area contributed by atoms with E-state index in [0.29, 0.717) is 6.04 Å². The molecule has 0 aromatic rings. The van der Waals surface area contributed by atoms with Gasteiger partial charge in [0.25, 0.3) is 0 Å². The Labute approximate surface area is 114 Å². The van der Waals surface area contributed by atoms with E-state index in [9.17, 15) is 0 Å². The molecule has 0 radical (unpaired) electrons. The Morgan fingerprint density at radius 3 is 2.67 bits per heavy atom. The molecule has 0 unspecified atom stereocenters. The molecule has 1 aliphatic rings. The molecule has 1 saturated carbocycles. The number of nitrogens with two attached hydrogens (primary N) is 1. The summed E-state index contributed by atoms with van der Waals surface area (Å²) in [6, 6.07) is 0.671. The molecule has 0 saturated heterocycles. The molecule has 0 atom stereocenters. The zero-order valence-electron chi connectivity index (χ0n) is 9.61. The summed E-state index contributed by atoms with van der Waals surface area (Å²) in [4.78, 5) is 6.47. The van der Waals surface area contributed by atoms with Crippen LogP contribution in [-0.4, -0.2) is 42.5 Å². The molecular formula is C10H22IN3S. The van der Waals surface area contributed by atoms with Gasteiger partial charge in [0.05, 0.1) is 0 Å². The van der Waals surface area contributed by atoms with Gasteiger partial charge < -0.3 is 10.6 Å². The largest absolute Gasteiger partial charge is 0.370 e. The number of rotatable bonds is 6. The van der Waals surface area contributed by atoms with E-state index < -0.39 is 0 Å². The molecule has 15 heavy (non-hydrogen) atoms. The summed E-state index contributed by atoms with van der Waals surface area (Å²) in [5.74, 6) is 1.95. The highest BCUT2D eigenvalue weighted by Crippen LogP contribution is 2.24. The highest BCUT2D eigenvalue weighted by Gasteiger charge is 2.27. The van der Waals surface area contributed by atoms with Crippen LogP contribution in [0.2, 0.25) is 0 Å². The van der Waals surface area contributed by atoms with E-state index in [1.165, 1.54) is 25.0 Å². The van der Waals surface area contributed by atoms with Crippen molar-refractivity contribution in [3.63, 3.8) is 0 Å². The Hall–Kier alpha value is 0.350. The first-order valence-electron chi connectivity index (χ1n) is 5.27. The zero-order valence-corrected chi connectivity index (χ0v) is 12.8.